The summed E-state index contributed by atoms with van der Waals surface area (Å²) in [5, 5.41) is 0.777. The molecule has 0 atom stereocenters. The van der Waals surface area contributed by atoms with Crippen molar-refractivity contribution in [2.45, 2.75) is 18.8 Å². The summed E-state index contributed by atoms with van der Waals surface area (Å²) in [6, 6.07) is 7.85. The highest BCUT2D eigenvalue weighted by Crippen LogP contribution is 2.42. The molecule has 5 heteroatoms. The van der Waals surface area contributed by atoms with Crippen molar-refractivity contribution < 1.29 is 8.78 Å². The number of rotatable bonds is 3. The minimum atomic E-state index is -2.40. The van der Waals surface area contributed by atoms with Crippen LogP contribution in [-0.2, 0) is 0 Å². The van der Waals surface area contributed by atoms with Gasteiger partial charge in [0.15, 0.2) is 0 Å². The number of hydrogen-bond donors (Lipinski definition) is 0. The minimum Gasteiger partial charge on any atom is -0.368 e. The summed E-state index contributed by atoms with van der Waals surface area (Å²) in [5.41, 5.74) is 1.07. The first-order chi connectivity index (χ1) is 9.53. The molecule has 2 nitrogen and oxygen atoms in total. The molecule has 1 aromatic rings. The molecule has 0 unspecified atom stereocenters. The maximum Gasteiger partial charge on any atom is 0.248 e. The van der Waals surface area contributed by atoms with Crippen molar-refractivity contribution in [3.8, 4) is 0 Å². The molecular formula is C15H19ClF2N2. The fraction of sp³-hybridized carbons (Fsp3) is 0.600. The second kappa shape index (κ2) is 5.49. The van der Waals surface area contributed by atoms with Crippen molar-refractivity contribution in [3.63, 3.8) is 0 Å². The van der Waals surface area contributed by atoms with E-state index in [1.54, 1.807) is 0 Å². The number of hydrogen-bond acceptors (Lipinski definition) is 2. The third-order valence-corrected chi connectivity index (χ3v) is 4.58. The van der Waals surface area contributed by atoms with Crippen LogP contribution in [0.5, 0.6) is 0 Å². The van der Waals surface area contributed by atoms with Gasteiger partial charge in [-0.2, -0.15) is 0 Å². The predicted molar refractivity (Wildman–Crippen MR) is 77.8 cm³/mol. The molecule has 0 radical (unpaired) electrons. The molecule has 1 heterocycles. The molecule has 1 aliphatic heterocycles. The molecule has 1 aliphatic carbocycles. The summed E-state index contributed by atoms with van der Waals surface area (Å²) in [6.45, 7) is 4.48. The lowest BCUT2D eigenvalue weighted by atomic mass is 9.81. The van der Waals surface area contributed by atoms with Crippen LogP contribution in [0.25, 0.3) is 0 Å². The van der Waals surface area contributed by atoms with Crippen molar-refractivity contribution in [1.82, 2.24) is 4.90 Å². The molecule has 110 valence electrons. The van der Waals surface area contributed by atoms with Crippen molar-refractivity contribution in [3.05, 3.63) is 29.3 Å². The molecule has 1 saturated carbocycles. The normalized spacial score (nSPS) is 23.6. The second-order valence-electron chi connectivity index (χ2n) is 5.87. The third kappa shape index (κ3) is 3.07. The van der Waals surface area contributed by atoms with Gasteiger partial charge in [-0.3, -0.25) is 4.90 Å². The molecule has 20 heavy (non-hydrogen) atoms. The predicted octanol–water partition coefficient (Wildman–Crippen LogP) is 3.51. The highest BCUT2D eigenvalue weighted by molar-refractivity contribution is 6.33. The highest BCUT2D eigenvalue weighted by atomic mass is 35.5. The van der Waals surface area contributed by atoms with Gasteiger partial charge in [0.25, 0.3) is 0 Å². The van der Waals surface area contributed by atoms with Crippen molar-refractivity contribution in [1.29, 1.82) is 0 Å². The van der Waals surface area contributed by atoms with E-state index < -0.39 is 5.92 Å². The zero-order valence-electron chi connectivity index (χ0n) is 11.4. The molecule has 0 bridgehead atoms. The lowest BCUT2D eigenvalue weighted by Gasteiger charge is -2.42. The van der Waals surface area contributed by atoms with E-state index in [4.69, 9.17) is 11.6 Å². The quantitative estimate of drug-likeness (QED) is 0.843. The zero-order valence-corrected chi connectivity index (χ0v) is 12.1. The average Bonchev–Trinajstić information content (AvgIpc) is 2.38. The van der Waals surface area contributed by atoms with Crippen LogP contribution in [0.1, 0.15) is 12.8 Å². The highest BCUT2D eigenvalue weighted by Gasteiger charge is 2.45. The Morgan fingerprint density at radius 1 is 1.10 bits per heavy atom. The lowest BCUT2D eigenvalue weighted by molar-refractivity contribution is -0.116. The smallest absolute Gasteiger partial charge is 0.248 e. The Hall–Kier alpha value is -0.870. The number of para-hydroxylation sites is 1. The molecule has 2 aliphatic rings. The average molecular weight is 301 g/mol. The van der Waals surface area contributed by atoms with Gasteiger partial charge in [-0.05, 0) is 18.1 Å². The van der Waals surface area contributed by atoms with Gasteiger partial charge in [0.2, 0.25) is 5.92 Å². The van der Waals surface area contributed by atoms with Crippen LogP contribution in [-0.4, -0.2) is 43.5 Å². The summed E-state index contributed by atoms with van der Waals surface area (Å²) in [6.07, 6.45) is 0.134. The van der Waals surface area contributed by atoms with Crippen molar-refractivity contribution in [2.24, 2.45) is 5.92 Å². The Bertz CT molecular complexity index is 465. The molecule has 0 amide bonds. The van der Waals surface area contributed by atoms with Crippen LogP contribution < -0.4 is 4.90 Å². The summed E-state index contributed by atoms with van der Waals surface area (Å²) in [4.78, 5) is 4.57. The van der Waals surface area contributed by atoms with Crippen LogP contribution in [0, 0.1) is 5.92 Å². The van der Waals surface area contributed by atoms with E-state index in [0.717, 1.165) is 43.4 Å². The third-order valence-electron chi connectivity index (χ3n) is 4.26. The topological polar surface area (TPSA) is 6.48 Å². The van der Waals surface area contributed by atoms with Gasteiger partial charge in [0, 0.05) is 45.6 Å². The number of piperazine rings is 1. The monoisotopic (exact) mass is 300 g/mol. The molecule has 1 aromatic carbocycles. The van der Waals surface area contributed by atoms with Gasteiger partial charge in [0.1, 0.15) is 0 Å². The van der Waals surface area contributed by atoms with Crippen LogP contribution >= 0.6 is 11.6 Å². The fourth-order valence-electron chi connectivity index (χ4n) is 3.16. The van der Waals surface area contributed by atoms with E-state index in [1.165, 1.54) is 0 Å². The van der Waals surface area contributed by atoms with E-state index in [-0.39, 0.29) is 18.8 Å². The molecule has 0 aromatic heterocycles. The second-order valence-corrected chi connectivity index (χ2v) is 6.28. The van der Waals surface area contributed by atoms with Crippen LogP contribution in [0.2, 0.25) is 5.02 Å². The van der Waals surface area contributed by atoms with E-state index in [0.29, 0.717) is 0 Å². The molecule has 3 rings (SSSR count). The van der Waals surface area contributed by atoms with Crippen LogP contribution in [0.3, 0.4) is 0 Å². The minimum absolute atomic E-state index is 0.0672. The number of nitrogens with zero attached hydrogens (tertiary/aromatic N) is 2. The summed E-state index contributed by atoms with van der Waals surface area (Å²) in [5.74, 6) is -2.22. The van der Waals surface area contributed by atoms with E-state index in [9.17, 15) is 8.78 Å². The summed E-state index contributed by atoms with van der Waals surface area (Å²) < 4.78 is 25.7. The summed E-state index contributed by atoms with van der Waals surface area (Å²) in [7, 11) is 0. The SMILES string of the molecule is FC1(F)CC(CN2CCN(c3ccccc3Cl)CC2)C1. The van der Waals surface area contributed by atoms with E-state index in [2.05, 4.69) is 9.80 Å². The number of benzene rings is 1. The van der Waals surface area contributed by atoms with Crippen LogP contribution in [0.4, 0.5) is 14.5 Å². The first kappa shape index (κ1) is 14.1. The van der Waals surface area contributed by atoms with Crippen LogP contribution in [0.15, 0.2) is 24.3 Å². The Morgan fingerprint density at radius 3 is 2.35 bits per heavy atom. The Labute approximate surface area is 123 Å². The Morgan fingerprint density at radius 2 is 1.75 bits per heavy atom. The molecule has 0 spiro atoms. The zero-order chi connectivity index (χ0) is 14.2. The van der Waals surface area contributed by atoms with Gasteiger partial charge < -0.3 is 4.90 Å². The molecule has 1 saturated heterocycles. The largest absolute Gasteiger partial charge is 0.368 e. The van der Waals surface area contributed by atoms with Gasteiger partial charge in [-0.1, -0.05) is 23.7 Å². The summed E-state index contributed by atoms with van der Waals surface area (Å²) >= 11 is 6.20. The Balaban J connectivity index is 1.49. The van der Waals surface area contributed by atoms with Crippen molar-refractivity contribution >= 4 is 17.3 Å². The molecular weight excluding hydrogens is 282 g/mol. The number of alkyl halides is 2. The standard InChI is InChI=1S/C15H19ClF2N2/c16-13-3-1-2-4-14(13)20-7-5-19(6-8-20)11-12-9-15(17,18)10-12/h1-4,12H,5-11H2. The van der Waals surface area contributed by atoms with Gasteiger partial charge in [-0.15, -0.1) is 0 Å². The van der Waals surface area contributed by atoms with Gasteiger partial charge in [0.05, 0.1) is 10.7 Å². The van der Waals surface area contributed by atoms with E-state index >= 15 is 0 Å². The maximum absolute atomic E-state index is 12.8. The molecule has 2 fully saturated rings. The number of halogens is 3. The molecule has 0 N–H and O–H groups in total. The van der Waals surface area contributed by atoms with Gasteiger partial charge >= 0.3 is 0 Å². The fourth-order valence-corrected chi connectivity index (χ4v) is 3.41. The lowest BCUT2D eigenvalue weighted by Crippen LogP contribution is -2.50. The van der Waals surface area contributed by atoms with Crippen molar-refractivity contribution in [2.75, 3.05) is 37.6 Å². The first-order valence-corrected chi connectivity index (χ1v) is 7.51. The maximum atomic E-state index is 12.8. The van der Waals surface area contributed by atoms with Gasteiger partial charge in [-0.25, -0.2) is 8.78 Å². The number of anilines is 1. The first-order valence-electron chi connectivity index (χ1n) is 7.13. The Kier molecular flexibility index (Phi) is 3.87. The van der Waals surface area contributed by atoms with E-state index in [1.807, 2.05) is 24.3 Å².